The molecule has 37 heavy (non-hydrogen) atoms. The van der Waals surface area contributed by atoms with Gasteiger partial charge in [-0.2, -0.15) is 0 Å². The van der Waals surface area contributed by atoms with E-state index in [2.05, 4.69) is 31.2 Å². The molecule has 0 aromatic heterocycles. The molecule has 0 N–H and O–H groups in total. The van der Waals surface area contributed by atoms with Gasteiger partial charge < -0.3 is 27.9 Å². The number of allylic oxidation sites excluding steroid dienone is 4. The lowest BCUT2D eigenvalue weighted by atomic mass is 10.1. The van der Waals surface area contributed by atoms with E-state index in [1.54, 1.807) is 0 Å². The molecule has 0 aliphatic rings. The molecule has 0 aromatic rings. The highest BCUT2D eigenvalue weighted by Gasteiger charge is 2.16. The van der Waals surface area contributed by atoms with E-state index in [1.807, 2.05) is 21.1 Å². The smallest absolute Gasteiger partial charge is 0.268 e. The highest BCUT2D eigenvalue weighted by atomic mass is 31.2. The van der Waals surface area contributed by atoms with Crippen LogP contribution in [0.2, 0.25) is 0 Å². The Hall–Kier alpha value is -0.530. The van der Waals surface area contributed by atoms with E-state index in [-0.39, 0.29) is 13.2 Å². The maximum Gasteiger partial charge on any atom is 0.268 e. The number of likely N-dealkylation sites (N-methyl/N-ethyl adjacent to an activating group) is 1. The molecule has 0 saturated carbocycles. The van der Waals surface area contributed by atoms with Gasteiger partial charge in [-0.3, -0.25) is 4.57 Å². The number of hydrogen-bond donors (Lipinski definition) is 0. The third-order valence-corrected chi connectivity index (χ3v) is 6.99. The fourth-order valence-electron chi connectivity index (χ4n) is 3.53. The first kappa shape index (κ1) is 36.5. The van der Waals surface area contributed by atoms with Crippen molar-refractivity contribution in [3.05, 3.63) is 24.3 Å². The van der Waals surface area contributed by atoms with Gasteiger partial charge in [0.1, 0.15) is 19.3 Å². The van der Waals surface area contributed by atoms with Gasteiger partial charge in [-0.1, -0.05) is 69.8 Å². The van der Waals surface area contributed by atoms with Crippen LogP contribution in [0.1, 0.15) is 96.8 Å². The lowest BCUT2D eigenvalue weighted by Gasteiger charge is -2.28. The molecule has 0 fully saturated rings. The van der Waals surface area contributed by atoms with Crippen LogP contribution < -0.4 is 4.89 Å². The summed E-state index contributed by atoms with van der Waals surface area (Å²) in [6.07, 6.45) is 26.2. The van der Waals surface area contributed by atoms with Gasteiger partial charge in [0.05, 0.1) is 34.4 Å². The van der Waals surface area contributed by atoms with Gasteiger partial charge in [0, 0.05) is 13.7 Å². The first-order chi connectivity index (χ1) is 17.7. The van der Waals surface area contributed by atoms with Crippen LogP contribution in [-0.2, 0) is 23.1 Å². The van der Waals surface area contributed by atoms with Crippen molar-refractivity contribution in [3.63, 3.8) is 0 Å². The molecule has 7 nitrogen and oxygen atoms in total. The van der Waals surface area contributed by atoms with Gasteiger partial charge in [-0.15, -0.1) is 0 Å². The molecule has 220 valence electrons. The van der Waals surface area contributed by atoms with Crippen LogP contribution in [0.25, 0.3) is 0 Å². The van der Waals surface area contributed by atoms with Gasteiger partial charge in [0.2, 0.25) is 0 Å². The summed E-state index contributed by atoms with van der Waals surface area (Å²) >= 11 is 0. The molecule has 0 spiro atoms. The fourth-order valence-corrected chi connectivity index (χ4v) is 4.26. The molecular weight excluding hydrogens is 489 g/mol. The van der Waals surface area contributed by atoms with Crippen molar-refractivity contribution < 1.29 is 32.5 Å². The molecule has 0 aromatic carbocycles. The van der Waals surface area contributed by atoms with Crippen molar-refractivity contribution in [1.82, 2.24) is 0 Å². The maximum absolute atomic E-state index is 11.9. The summed E-state index contributed by atoms with van der Waals surface area (Å²) in [6, 6.07) is 0. The maximum atomic E-state index is 11.9. The van der Waals surface area contributed by atoms with Gasteiger partial charge >= 0.3 is 0 Å². The van der Waals surface area contributed by atoms with E-state index in [9.17, 15) is 9.46 Å². The van der Waals surface area contributed by atoms with Crippen LogP contribution in [0.5, 0.6) is 0 Å². The van der Waals surface area contributed by atoms with Crippen molar-refractivity contribution in [1.29, 1.82) is 0 Å². The number of nitrogens with zero attached hydrogens (tertiary/aromatic N) is 1. The van der Waals surface area contributed by atoms with Crippen LogP contribution in [0.4, 0.5) is 0 Å². The Morgan fingerprint density at radius 1 is 0.730 bits per heavy atom. The second-order valence-corrected chi connectivity index (χ2v) is 12.2. The van der Waals surface area contributed by atoms with Crippen molar-refractivity contribution in [2.24, 2.45) is 0 Å². The van der Waals surface area contributed by atoms with E-state index in [1.165, 1.54) is 84.2 Å². The first-order valence-electron chi connectivity index (χ1n) is 14.5. The predicted molar refractivity (Wildman–Crippen MR) is 153 cm³/mol. The number of phosphoric acid groups is 1. The summed E-state index contributed by atoms with van der Waals surface area (Å²) in [6.45, 7) is 3.74. The predicted octanol–water partition coefficient (Wildman–Crippen LogP) is 6.82. The number of rotatable bonds is 27. The molecular formula is C29H58NO6P. The van der Waals surface area contributed by atoms with E-state index >= 15 is 0 Å². The molecule has 0 rings (SSSR count). The average Bonchev–Trinajstić information content (AvgIpc) is 2.83. The first-order valence-corrected chi connectivity index (χ1v) is 16.0. The Bertz CT molecular complexity index is 606. The molecule has 0 aliphatic heterocycles. The Morgan fingerprint density at radius 3 is 1.78 bits per heavy atom. The SMILES string of the molecule is CCCC/C=C\CCCC/C=C\CCCCCCCCOC[C@H](COP(=O)([O-])OCC[N+](C)(C)C)OC. The Balaban J connectivity index is 3.55. The molecule has 0 amide bonds. The second-order valence-electron chi connectivity index (χ2n) is 10.8. The standard InChI is InChI=1S/C29H58NO6P/c1-6-7-8-9-10-11-12-13-14-15-16-17-18-19-20-21-22-23-25-34-27-29(33-5)28-36-37(31,32)35-26-24-30(2,3)4/h9-10,15-16,29H,6-8,11-14,17-28H2,1-5H3/b10-9-,16-15-/t29-/m1/s1. The van der Waals surface area contributed by atoms with Crippen molar-refractivity contribution in [3.8, 4) is 0 Å². The third kappa shape index (κ3) is 28.3. The number of ether oxygens (including phenoxy) is 2. The second kappa shape index (κ2) is 24.5. The van der Waals surface area contributed by atoms with E-state index in [0.29, 0.717) is 24.2 Å². The molecule has 0 radical (unpaired) electrons. The minimum absolute atomic E-state index is 0.0899. The monoisotopic (exact) mass is 547 g/mol. The molecule has 0 heterocycles. The van der Waals surface area contributed by atoms with Crippen molar-refractivity contribution >= 4 is 7.82 Å². The number of methoxy groups -OCH3 is 1. The third-order valence-electron chi connectivity index (χ3n) is 6.03. The minimum atomic E-state index is -4.33. The highest BCUT2D eigenvalue weighted by Crippen LogP contribution is 2.38. The van der Waals surface area contributed by atoms with Crippen LogP contribution in [0.3, 0.4) is 0 Å². The van der Waals surface area contributed by atoms with E-state index in [4.69, 9.17) is 18.5 Å². The van der Waals surface area contributed by atoms with Gasteiger partial charge in [-0.25, -0.2) is 0 Å². The molecule has 8 heteroatoms. The van der Waals surface area contributed by atoms with Gasteiger partial charge in [0.25, 0.3) is 7.82 Å². The van der Waals surface area contributed by atoms with Gasteiger partial charge in [0.15, 0.2) is 0 Å². The normalized spacial score (nSPS) is 15.1. The summed E-state index contributed by atoms with van der Waals surface area (Å²) in [5.41, 5.74) is 0. The van der Waals surface area contributed by atoms with E-state index < -0.39 is 13.9 Å². The summed E-state index contributed by atoms with van der Waals surface area (Å²) in [5, 5.41) is 0. The molecule has 1 unspecified atom stereocenters. The molecule has 0 aliphatic carbocycles. The summed E-state index contributed by atoms with van der Waals surface area (Å²) in [7, 11) is 3.10. The molecule has 0 bridgehead atoms. The topological polar surface area (TPSA) is 77.1 Å². The zero-order chi connectivity index (χ0) is 27.7. The average molecular weight is 548 g/mol. The van der Waals surface area contributed by atoms with Crippen molar-refractivity contribution in [2.45, 2.75) is 103 Å². The van der Waals surface area contributed by atoms with E-state index in [0.717, 1.165) is 12.8 Å². The van der Waals surface area contributed by atoms with Crippen LogP contribution in [0, 0.1) is 0 Å². The number of hydrogen-bond acceptors (Lipinski definition) is 6. The van der Waals surface area contributed by atoms with Gasteiger partial charge in [-0.05, 0) is 51.4 Å². The summed E-state index contributed by atoms with van der Waals surface area (Å²) in [4.78, 5) is 11.9. The Kier molecular flexibility index (Phi) is 24.2. The number of quaternary nitrogens is 1. The molecule has 2 atom stereocenters. The Labute approximate surface area is 228 Å². The summed E-state index contributed by atoms with van der Waals surface area (Å²) in [5.74, 6) is 0. The van der Waals surface area contributed by atoms with Crippen LogP contribution in [-0.4, -0.2) is 71.8 Å². The van der Waals surface area contributed by atoms with Crippen molar-refractivity contribution in [2.75, 3.05) is 61.2 Å². The minimum Gasteiger partial charge on any atom is -0.756 e. The quantitative estimate of drug-likeness (QED) is 0.0486. The lowest BCUT2D eigenvalue weighted by Crippen LogP contribution is -2.37. The summed E-state index contributed by atoms with van der Waals surface area (Å²) < 4.78 is 33.3. The zero-order valence-electron chi connectivity index (χ0n) is 24.7. The van der Waals surface area contributed by atoms with Crippen LogP contribution >= 0.6 is 7.82 Å². The lowest BCUT2D eigenvalue weighted by molar-refractivity contribution is -0.870. The molecule has 0 saturated heterocycles. The number of phosphoric ester groups is 1. The van der Waals surface area contributed by atoms with Crippen LogP contribution in [0.15, 0.2) is 24.3 Å². The zero-order valence-corrected chi connectivity index (χ0v) is 25.6. The Morgan fingerprint density at radius 2 is 1.24 bits per heavy atom. The fraction of sp³-hybridized carbons (Fsp3) is 0.862. The largest absolute Gasteiger partial charge is 0.756 e. The highest BCUT2D eigenvalue weighted by molar-refractivity contribution is 7.45. The number of unbranched alkanes of at least 4 members (excludes halogenated alkanes) is 11.